The van der Waals surface area contributed by atoms with Crippen molar-refractivity contribution in [3.63, 3.8) is 0 Å². The van der Waals surface area contributed by atoms with Gasteiger partial charge >= 0.3 is 5.97 Å². The van der Waals surface area contributed by atoms with E-state index in [4.69, 9.17) is 42.6 Å². The Morgan fingerprint density at radius 1 is 0.932 bits per heavy atom. The van der Waals surface area contributed by atoms with Crippen LogP contribution in [0.4, 0.5) is 0 Å². The molecule has 2 aromatic heterocycles. The molecule has 0 aliphatic carbocycles. The maximum Gasteiger partial charge on any atom is 0.317 e. The van der Waals surface area contributed by atoms with Gasteiger partial charge in [0, 0.05) is 60.5 Å². The van der Waals surface area contributed by atoms with E-state index in [9.17, 15) is 15.0 Å². The summed E-state index contributed by atoms with van der Waals surface area (Å²) in [5, 5.41) is 19.8. The first kappa shape index (κ1) is 30.2. The van der Waals surface area contributed by atoms with Crippen LogP contribution in [0.15, 0.2) is 48.7 Å². The van der Waals surface area contributed by atoms with E-state index < -0.39 is 5.97 Å². The van der Waals surface area contributed by atoms with Crippen molar-refractivity contribution >= 4 is 29.2 Å². The van der Waals surface area contributed by atoms with E-state index in [2.05, 4.69) is 9.88 Å². The number of aliphatic hydroxyl groups excluding tert-OH is 1. The van der Waals surface area contributed by atoms with Gasteiger partial charge in [-0.25, -0.2) is 9.97 Å². The number of aliphatic hydroxyl groups is 1. The first-order valence-corrected chi connectivity index (χ1v) is 14.9. The number of methoxy groups -OCH3 is 2. The van der Waals surface area contributed by atoms with Crippen molar-refractivity contribution in [2.45, 2.75) is 25.6 Å². The van der Waals surface area contributed by atoms with Crippen LogP contribution >= 0.6 is 23.2 Å². The number of hydrogen-bond donors (Lipinski definition) is 2. The number of rotatable bonds is 9. The van der Waals surface area contributed by atoms with Crippen molar-refractivity contribution in [1.82, 2.24) is 24.8 Å². The Kier molecular flexibility index (Phi) is 8.70. The molecule has 2 aromatic carbocycles. The van der Waals surface area contributed by atoms with Crippen LogP contribution in [0.25, 0.3) is 33.6 Å². The number of carbonyl (C=O) groups is 1. The second-order valence-electron chi connectivity index (χ2n) is 10.9. The molecule has 6 rings (SSSR count). The van der Waals surface area contributed by atoms with E-state index in [-0.39, 0.29) is 12.6 Å². The number of carboxylic acid groups (broad SMARTS) is 1. The third kappa shape index (κ3) is 5.96. The first-order chi connectivity index (χ1) is 21.2. The van der Waals surface area contributed by atoms with Crippen LogP contribution < -0.4 is 9.47 Å². The van der Waals surface area contributed by atoms with Crippen LogP contribution in [0.2, 0.25) is 10.0 Å². The van der Waals surface area contributed by atoms with Gasteiger partial charge in [-0.1, -0.05) is 59.6 Å². The standard InChI is InChI=1S/C32H31Cl2N5O5/c1-43-31-20-9-10-38(17-28(41)42)13-18(20)11-25(36-31)23-7-3-5-21(29(23)33)22-6-4-8-24(30(22)34)26-12-35-27(32(37-26)44-2)16-39-14-19(40)15-39/h3-8,11-12,19,40H,9-10,13-17H2,1-2H3,(H,41,42). The molecule has 0 radical (unpaired) electrons. The zero-order valence-electron chi connectivity index (χ0n) is 24.3. The predicted molar refractivity (Wildman–Crippen MR) is 167 cm³/mol. The number of aliphatic carboxylic acids is 1. The number of benzene rings is 2. The molecule has 2 aliphatic heterocycles. The normalized spacial score (nSPS) is 15.5. The van der Waals surface area contributed by atoms with Crippen molar-refractivity contribution in [3.8, 4) is 45.4 Å². The largest absolute Gasteiger partial charge is 0.481 e. The van der Waals surface area contributed by atoms with Crippen LogP contribution in [0.5, 0.6) is 11.8 Å². The number of carboxylic acids is 1. The van der Waals surface area contributed by atoms with E-state index in [0.29, 0.717) is 94.7 Å². The number of hydrogen-bond acceptors (Lipinski definition) is 9. The van der Waals surface area contributed by atoms with Crippen molar-refractivity contribution < 1.29 is 24.5 Å². The van der Waals surface area contributed by atoms with Crippen LogP contribution in [0.3, 0.4) is 0 Å². The van der Waals surface area contributed by atoms with Crippen molar-refractivity contribution in [2.75, 3.05) is 40.4 Å². The first-order valence-electron chi connectivity index (χ1n) is 14.1. The van der Waals surface area contributed by atoms with Gasteiger partial charge < -0.3 is 19.7 Å². The van der Waals surface area contributed by atoms with Gasteiger partial charge in [0.05, 0.1) is 54.5 Å². The highest BCUT2D eigenvalue weighted by Crippen LogP contribution is 2.43. The van der Waals surface area contributed by atoms with Crippen LogP contribution in [0.1, 0.15) is 16.8 Å². The maximum absolute atomic E-state index is 11.3. The molecular formula is C32H31Cl2N5O5. The molecule has 0 saturated carbocycles. The lowest BCUT2D eigenvalue weighted by Crippen LogP contribution is -2.50. The molecule has 0 atom stereocenters. The number of ether oxygens (including phenoxy) is 2. The predicted octanol–water partition coefficient (Wildman–Crippen LogP) is 4.82. The Hall–Kier alpha value is -3.80. The van der Waals surface area contributed by atoms with Crippen LogP contribution in [-0.2, 0) is 24.3 Å². The second-order valence-corrected chi connectivity index (χ2v) is 11.7. The minimum absolute atomic E-state index is 0.0357. The summed E-state index contributed by atoms with van der Waals surface area (Å²) in [6.07, 6.45) is 2.01. The molecular weight excluding hydrogens is 605 g/mol. The number of nitrogens with zero attached hydrogens (tertiary/aromatic N) is 5. The summed E-state index contributed by atoms with van der Waals surface area (Å²) in [4.78, 5) is 29.4. The smallest absolute Gasteiger partial charge is 0.317 e. The molecule has 0 spiro atoms. The van der Waals surface area contributed by atoms with Gasteiger partial charge in [-0.15, -0.1) is 0 Å². The Morgan fingerprint density at radius 3 is 2.16 bits per heavy atom. The maximum atomic E-state index is 11.3. The lowest BCUT2D eigenvalue weighted by atomic mass is 9.96. The monoisotopic (exact) mass is 635 g/mol. The van der Waals surface area contributed by atoms with Gasteiger partial charge in [-0.3, -0.25) is 19.6 Å². The Bertz CT molecular complexity index is 1730. The Morgan fingerprint density at radius 2 is 1.55 bits per heavy atom. The van der Waals surface area contributed by atoms with Crippen molar-refractivity contribution in [3.05, 3.63) is 75.5 Å². The van der Waals surface area contributed by atoms with Gasteiger partial charge in [0.15, 0.2) is 0 Å². The molecule has 10 nitrogen and oxygen atoms in total. The molecule has 4 heterocycles. The average Bonchev–Trinajstić information content (AvgIpc) is 3.00. The number of likely N-dealkylation sites (tertiary alicyclic amines) is 1. The summed E-state index contributed by atoms with van der Waals surface area (Å²) < 4.78 is 11.2. The molecule has 1 fully saturated rings. The average molecular weight is 637 g/mol. The van der Waals surface area contributed by atoms with Crippen molar-refractivity contribution in [1.29, 1.82) is 0 Å². The quantitative estimate of drug-likeness (QED) is 0.265. The van der Waals surface area contributed by atoms with Crippen LogP contribution in [0, 0.1) is 0 Å². The topological polar surface area (TPSA) is 121 Å². The fourth-order valence-electron chi connectivity index (χ4n) is 5.79. The van der Waals surface area contributed by atoms with Gasteiger partial charge in [-0.2, -0.15) is 0 Å². The van der Waals surface area contributed by atoms with E-state index >= 15 is 0 Å². The third-order valence-electron chi connectivity index (χ3n) is 7.96. The highest BCUT2D eigenvalue weighted by Gasteiger charge is 2.27. The highest BCUT2D eigenvalue weighted by atomic mass is 35.5. The molecule has 0 bridgehead atoms. The molecule has 2 aliphatic rings. The van der Waals surface area contributed by atoms with E-state index in [1.807, 2.05) is 47.4 Å². The molecule has 1 saturated heterocycles. The summed E-state index contributed by atoms with van der Waals surface area (Å²) in [6, 6.07) is 13.3. The van der Waals surface area contributed by atoms with E-state index in [0.717, 1.165) is 16.7 Å². The highest BCUT2D eigenvalue weighted by molar-refractivity contribution is 6.39. The lowest BCUT2D eigenvalue weighted by molar-refractivity contribution is -0.138. The Labute approximate surface area is 264 Å². The minimum Gasteiger partial charge on any atom is -0.481 e. The summed E-state index contributed by atoms with van der Waals surface area (Å²) in [7, 11) is 3.14. The fourth-order valence-corrected chi connectivity index (χ4v) is 6.44. The lowest BCUT2D eigenvalue weighted by Gasteiger charge is -2.35. The molecule has 2 N–H and O–H groups in total. The van der Waals surface area contributed by atoms with Crippen molar-refractivity contribution in [2.24, 2.45) is 0 Å². The number of β-amino-alcohol motifs (C(OH)–C–C–N with tert-alkyl or cyclic N) is 1. The summed E-state index contributed by atoms with van der Waals surface area (Å²) in [6.45, 7) is 2.77. The number of aromatic nitrogens is 3. The number of fused-ring (bicyclic) bond motifs is 1. The number of pyridine rings is 1. The minimum atomic E-state index is -0.864. The third-order valence-corrected chi connectivity index (χ3v) is 8.77. The van der Waals surface area contributed by atoms with E-state index in [1.54, 1.807) is 20.4 Å². The fraction of sp³-hybridized carbons (Fsp3) is 0.312. The number of halogens is 2. The summed E-state index contributed by atoms with van der Waals surface area (Å²) >= 11 is 14.1. The second kappa shape index (κ2) is 12.7. The molecule has 228 valence electrons. The molecule has 12 heteroatoms. The van der Waals surface area contributed by atoms with E-state index in [1.165, 1.54) is 0 Å². The molecule has 44 heavy (non-hydrogen) atoms. The summed E-state index contributed by atoms with van der Waals surface area (Å²) in [5.41, 5.74) is 6.61. The zero-order valence-corrected chi connectivity index (χ0v) is 25.8. The van der Waals surface area contributed by atoms with Gasteiger partial charge in [0.2, 0.25) is 11.8 Å². The van der Waals surface area contributed by atoms with Gasteiger partial charge in [0.1, 0.15) is 5.69 Å². The SMILES string of the molecule is COc1nc(-c2cccc(-c3cccc(-c4cc5c(c(OC)n4)CCN(CC(=O)O)C5)c3Cl)c2Cl)cnc1CN1CC(O)C1. The Balaban J connectivity index is 1.35. The molecule has 4 aromatic rings. The summed E-state index contributed by atoms with van der Waals surface area (Å²) in [5.74, 6) is 0.0484. The van der Waals surface area contributed by atoms with Gasteiger partial charge in [0.25, 0.3) is 0 Å². The molecule has 0 unspecified atom stereocenters. The van der Waals surface area contributed by atoms with Crippen LogP contribution in [-0.4, -0.2) is 87.4 Å². The molecule has 0 amide bonds. The van der Waals surface area contributed by atoms with Gasteiger partial charge in [-0.05, 0) is 18.1 Å². The zero-order chi connectivity index (χ0) is 31.0.